The van der Waals surface area contributed by atoms with Crippen molar-refractivity contribution in [3.63, 3.8) is 0 Å². The van der Waals surface area contributed by atoms with Crippen molar-refractivity contribution < 1.29 is 13.2 Å². The van der Waals surface area contributed by atoms with Gasteiger partial charge in [-0.3, -0.25) is 0 Å². The van der Waals surface area contributed by atoms with Crippen LogP contribution >= 0.6 is 0 Å². The number of nitrogens with zero attached hydrogens (tertiary/aromatic N) is 1. The summed E-state index contributed by atoms with van der Waals surface area (Å²) in [5.74, 6) is 0.143. The van der Waals surface area contributed by atoms with Gasteiger partial charge in [-0.05, 0) is 33.1 Å². The van der Waals surface area contributed by atoms with Gasteiger partial charge in [0.05, 0.1) is 11.9 Å². The number of nitrogens with one attached hydrogen (secondary N) is 1. The molecular formula is C12H24N2O3S. The normalized spacial score (nSPS) is 35.6. The van der Waals surface area contributed by atoms with E-state index in [0.717, 1.165) is 25.8 Å². The molecule has 2 aliphatic rings. The summed E-state index contributed by atoms with van der Waals surface area (Å²) in [5, 5.41) is 3.30. The lowest BCUT2D eigenvalue weighted by atomic mass is 10.1. The maximum Gasteiger partial charge on any atom is 0.217 e. The highest BCUT2D eigenvalue weighted by atomic mass is 32.2. The van der Waals surface area contributed by atoms with Crippen LogP contribution in [-0.2, 0) is 14.8 Å². The maximum absolute atomic E-state index is 12.4. The van der Waals surface area contributed by atoms with E-state index >= 15 is 0 Å². The molecule has 0 aromatic rings. The molecule has 2 rings (SSSR count). The molecule has 3 atom stereocenters. The lowest BCUT2D eigenvalue weighted by Gasteiger charge is -2.37. The SMILES string of the molecule is CC1CN(S(=O)(=O)CC2CCCCO2)C(C)CN1. The third-order valence-electron chi connectivity index (χ3n) is 3.73. The van der Waals surface area contributed by atoms with Gasteiger partial charge >= 0.3 is 0 Å². The average molecular weight is 276 g/mol. The van der Waals surface area contributed by atoms with Crippen LogP contribution in [0.4, 0.5) is 0 Å². The lowest BCUT2D eigenvalue weighted by molar-refractivity contribution is 0.0295. The number of piperazine rings is 1. The standard InChI is InChI=1S/C12H24N2O3S/c1-10-8-14(11(2)7-13-10)18(15,16)9-12-5-3-4-6-17-12/h10-13H,3-9H2,1-2H3. The average Bonchev–Trinajstić information content (AvgIpc) is 2.33. The summed E-state index contributed by atoms with van der Waals surface area (Å²) in [5.41, 5.74) is 0. The molecule has 2 saturated heterocycles. The first-order chi connectivity index (χ1) is 8.49. The molecule has 5 nitrogen and oxygen atoms in total. The second kappa shape index (κ2) is 5.86. The van der Waals surface area contributed by atoms with Gasteiger partial charge in [0.25, 0.3) is 0 Å². The van der Waals surface area contributed by atoms with Gasteiger partial charge in [-0.1, -0.05) is 0 Å². The zero-order valence-corrected chi connectivity index (χ0v) is 12.1. The van der Waals surface area contributed by atoms with E-state index in [0.29, 0.717) is 13.2 Å². The summed E-state index contributed by atoms with van der Waals surface area (Å²) in [6.45, 7) is 5.97. The number of hydrogen-bond acceptors (Lipinski definition) is 4. The molecule has 3 unspecified atom stereocenters. The maximum atomic E-state index is 12.4. The number of hydrogen-bond donors (Lipinski definition) is 1. The first kappa shape index (κ1) is 14.2. The van der Waals surface area contributed by atoms with Crippen molar-refractivity contribution in [3.05, 3.63) is 0 Å². The molecule has 2 aliphatic heterocycles. The molecule has 0 aromatic carbocycles. The minimum Gasteiger partial charge on any atom is -0.377 e. The van der Waals surface area contributed by atoms with Crippen molar-refractivity contribution in [1.29, 1.82) is 0 Å². The summed E-state index contributed by atoms with van der Waals surface area (Å²) in [4.78, 5) is 0. The Bertz CT molecular complexity index is 366. The molecule has 0 amide bonds. The van der Waals surface area contributed by atoms with Gasteiger partial charge in [0.1, 0.15) is 0 Å². The van der Waals surface area contributed by atoms with Gasteiger partial charge in [-0.15, -0.1) is 0 Å². The molecule has 0 spiro atoms. The van der Waals surface area contributed by atoms with Crippen molar-refractivity contribution in [1.82, 2.24) is 9.62 Å². The van der Waals surface area contributed by atoms with Crippen molar-refractivity contribution in [2.75, 3.05) is 25.4 Å². The Morgan fingerprint density at radius 3 is 2.78 bits per heavy atom. The fraction of sp³-hybridized carbons (Fsp3) is 1.00. The first-order valence-electron chi connectivity index (χ1n) is 6.83. The van der Waals surface area contributed by atoms with Gasteiger partial charge in [-0.25, -0.2) is 8.42 Å². The Hall–Kier alpha value is -0.170. The highest BCUT2D eigenvalue weighted by Crippen LogP contribution is 2.19. The van der Waals surface area contributed by atoms with E-state index in [1.54, 1.807) is 4.31 Å². The Kier molecular flexibility index (Phi) is 4.64. The topological polar surface area (TPSA) is 58.6 Å². The molecule has 2 fully saturated rings. The first-order valence-corrected chi connectivity index (χ1v) is 8.44. The summed E-state index contributed by atoms with van der Waals surface area (Å²) >= 11 is 0. The minimum atomic E-state index is -3.20. The van der Waals surface area contributed by atoms with Crippen LogP contribution in [0.2, 0.25) is 0 Å². The van der Waals surface area contributed by atoms with Crippen molar-refractivity contribution in [2.45, 2.75) is 51.3 Å². The predicted octanol–water partition coefficient (Wildman–Crippen LogP) is 0.567. The van der Waals surface area contributed by atoms with Crippen LogP contribution in [0, 0.1) is 0 Å². The van der Waals surface area contributed by atoms with Crippen molar-refractivity contribution in [2.24, 2.45) is 0 Å². The van der Waals surface area contributed by atoms with E-state index in [-0.39, 0.29) is 23.9 Å². The molecule has 1 N–H and O–H groups in total. The quantitative estimate of drug-likeness (QED) is 0.818. The Balaban J connectivity index is 2.00. The molecule has 0 saturated carbocycles. The number of rotatable bonds is 3. The van der Waals surface area contributed by atoms with E-state index in [9.17, 15) is 8.42 Å². The summed E-state index contributed by atoms with van der Waals surface area (Å²) in [7, 11) is -3.20. The Morgan fingerprint density at radius 2 is 2.11 bits per heavy atom. The fourth-order valence-electron chi connectivity index (χ4n) is 2.65. The summed E-state index contributed by atoms with van der Waals surface area (Å²) in [6, 6.07) is 0.262. The lowest BCUT2D eigenvalue weighted by Crippen LogP contribution is -2.57. The molecular weight excluding hydrogens is 252 g/mol. The van der Waals surface area contributed by atoms with E-state index in [1.807, 2.05) is 13.8 Å². The minimum absolute atomic E-state index is 0.0368. The monoisotopic (exact) mass is 276 g/mol. The predicted molar refractivity (Wildman–Crippen MR) is 71.0 cm³/mol. The summed E-state index contributed by atoms with van der Waals surface area (Å²) < 4.78 is 32.0. The second-order valence-corrected chi connectivity index (χ2v) is 7.46. The molecule has 106 valence electrons. The highest BCUT2D eigenvalue weighted by Gasteiger charge is 2.34. The summed E-state index contributed by atoms with van der Waals surface area (Å²) in [6.07, 6.45) is 2.89. The van der Waals surface area contributed by atoms with Crippen molar-refractivity contribution in [3.8, 4) is 0 Å². The van der Waals surface area contributed by atoms with Crippen LogP contribution in [0.1, 0.15) is 33.1 Å². The van der Waals surface area contributed by atoms with E-state index < -0.39 is 10.0 Å². The third-order valence-corrected chi connectivity index (χ3v) is 5.75. The molecule has 6 heteroatoms. The number of sulfonamides is 1. The molecule has 0 aromatic heterocycles. The largest absolute Gasteiger partial charge is 0.377 e. The van der Waals surface area contributed by atoms with Gasteiger partial charge in [0.2, 0.25) is 10.0 Å². The van der Waals surface area contributed by atoms with Crippen LogP contribution in [0.15, 0.2) is 0 Å². The van der Waals surface area contributed by atoms with Crippen LogP contribution in [0.5, 0.6) is 0 Å². The zero-order chi connectivity index (χ0) is 13.2. The van der Waals surface area contributed by atoms with Crippen LogP contribution in [0.3, 0.4) is 0 Å². The van der Waals surface area contributed by atoms with Gasteiger partial charge in [-0.2, -0.15) is 4.31 Å². The number of ether oxygens (including phenoxy) is 1. The molecule has 0 bridgehead atoms. The van der Waals surface area contributed by atoms with Crippen LogP contribution in [-0.4, -0.2) is 56.4 Å². The Labute approximate surface area is 110 Å². The van der Waals surface area contributed by atoms with E-state index in [4.69, 9.17) is 4.74 Å². The second-order valence-electron chi connectivity index (χ2n) is 5.50. The highest BCUT2D eigenvalue weighted by molar-refractivity contribution is 7.89. The van der Waals surface area contributed by atoms with Crippen LogP contribution in [0.25, 0.3) is 0 Å². The third kappa shape index (κ3) is 3.44. The fourth-order valence-corrected chi connectivity index (χ4v) is 4.64. The van der Waals surface area contributed by atoms with Crippen molar-refractivity contribution >= 4 is 10.0 Å². The molecule has 18 heavy (non-hydrogen) atoms. The Morgan fingerprint density at radius 1 is 1.33 bits per heavy atom. The van der Waals surface area contributed by atoms with Gasteiger partial charge < -0.3 is 10.1 Å². The van der Waals surface area contributed by atoms with Crippen LogP contribution < -0.4 is 5.32 Å². The molecule has 0 radical (unpaired) electrons. The molecule has 0 aliphatic carbocycles. The molecule has 2 heterocycles. The van der Waals surface area contributed by atoms with Gasteiger partial charge in [0.15, 0.2) is 0 Å². The van der Waals surface area contributed by atoms with E-state index in [1.165, 1.54) is 0 Å². The van der Waals surface area contributed by atoms with E-state index in [2.05, 4.69) is 5.32 Å². The smallest absolute Gasteiger partial charge is 0.217 e. The van der Waals surface area contributed by atoms with Gasteiger partial charge in [0, 0.05) is 31.8 Å². The zero-order valence-electron chi connectivity index (χ0n) is 11.3.